The Balaban J connectivity index is 0.00000243. The van der Waals surface area contributed by atoms with Gasteiger partial charge >= 0.3 is 0 Å². The van der Waals surface area contributed by atoms with Gasteiger partial charge in [-0.25, -0.2) is 13.1 Å². The Morgan fingerprint density at radius 1 is 1.35 bits per heavy atom. The van der Waals surface area contributed by atoms with Crippen molar-refractivity contribution in [3.63, 3.8) is 0 Å². The summed E-state index contributed by atoms with van der Waals surface area (Å²) in [6.45, 7) is 2.70. The Morgan fingerprint density at radius 2 is 2.12 bits per heavy atom. The van der Waals surface area contributed by atoms with Crippen LogP contribution in [0.25, 0.3) is 0 Å². The molecule has 1 aromatic rings. The van der Waals surface area contributed by atoms with Gasteiger partial charge < -0.3 is 19.5 Å². The van der Waals surface area contributed by atoms with Crippen LogP contribution in [0, 0.1) is 0 Å². The minimum atomic E-state index is -3.72. The van der Waals surface area contributed by atoms with Crippen LogP contribution in [0.5, 0.6) is 0 Å². The second-order valence-corrected chi connectivity index (χ2v) is 7.95. The van der Waals surface area contributed by atoms with E-state index in [1.54, 1.807) is 4.90 Å². The highest BCUT2D eigenvalue weighted by atomic mass is 35.5. The molecule has 11 heteroatoms. The van der Waals surface area contributed by atoms with E-state index in [0.717, 1.165) is 19.4 Å². The molecule has 3 heterocycles. The van der Waals surface area contributed by atoms with Crippen molar-refractivity contribution in [3.05, 3.63) is 17.9 Å². The fourth-order valence-corrected chi connectivity index (χ4v) is 3.88. The van der Waals surface area contributed by atoms with Crippen LogP contribution in [0.4, 0.5) is 0 Å². The zero-order chi connectivity index (χ0) is 18.0. The van der Waals surface area contributed by atoms with E-state index >= 15 is 0 Å². The first-order chi connectivity index (χ1) is 11.9. The summed E-state index contributed by atoms with van der Waals surface area (Å²) in [7, 11) is -2.45. The summed E-state index contributed by atoms with van der Waals surface area (Å²) in [6, 6.07) is 2.62. The van der Waals surface area contributed by atoms with E-state index in [9.17, 15) is 18.0 Å². The number of rotatable bonds is 4. The number of furan rings is 1. The van der Waals surface area contributed by atoms with Crippen molar-refractivity contribution in [2.24, 2.45) is 0 Å². The van der Waals surface area contributed by atoms with E-state index in [4.69, 9.17) is 4.42 Å². The maximum atomic E-state index is 12.6. The topological polar surface area (TPSA) is 112 Å². The average molecular weight is 407 g/mol. The number of halogens is 1. The van der Waals surface area contributed by atoms with Gasteiger partial charge in [-0.3, -0.25) is 9.59 Å². The van der Waals surface area contributed by atoms with Gasteiger partial charge in [-0.15, -0.1) is 12.4 Å². The van der Waals surface area contributed by atoms with Gasteiger partial charge in [0.15, 0.2) is 5.76 Å². The van der Waals surface area contributed by atoms with Gasteiger partial charge in [-0.2, -0.15) is 0 Å². The number of hydrogen-bond acceptors (Lipinski definition) is 6. The first kappa shape index (κ1) is 20.7. The van der Waals surface area contributed by atoms with Gasteiger partial charge in [0.1, 0.15) is 0 Å². The minimum absolute atomic E-state index is 0. The zero-order valence-electron chi connectivity index (χ0n) is 14.4. The van der Waals surface area contributed by atoms with E-state index < -0.39 is 10.0 Å². The first-order valence-electron chi connectivity index (χ1n) is 8.25. The molecule has 0 aromatic carbocycles. The van der Waals surface area contributed by atoms with Crippen molar-refractivity contribution >= 4 is 34.2 Å². The summed E-state index contributed by atoms with van der Waals surface area (Å²) >= 11 is 0. The molecule has 3 rings (SSSR count). The van der Waals surface area contributed by atoms with Crippen molar-refractivity contribution in [1.29, 1.82) is 0 Å². The molecule has 2 aliphatic rings. The zero-order valence-corrected chi connectivity index (χ0v) is 16.1. The lowest BCUT2D eigenvalue weighted by Crippen LogP contribution is -2.57. The van der Waals surface area contributed by atoms with Crippen molar-refractivity contribution in [2.45, 2.75) is 24.0 Å². The second kappa shape index (κ2) is 8.38. The van der Waals surface area contributed by atoms with Gasteiger partial charge in [-0.1, -0.05) is 0 Å². The molecule has 0 bridgehead atoms. The van der Waals surface area contributed by atoms with Crippen LogP contribution >= 0.6 is 12.4 Å². The van der Waals surface area contributed by atoms with E-state index in [1.807, 2.05) is 4.90 Å². The number of hydrogen-bond donors (Lipinski definition) is 2. The normalized spacial score (nSPS) is 21.4. The number of likely N-dealkylation sites (tertiary alicyclic amines) is 1. The van der Waals surface area contributed by atoms with Crippen LogP contribution in [-0.2, 0) is 14.8 Å². The number of nitrogens with one attached hydrogen (secondary N) is 2. The van der Waals surface area contributed by atoms with Gasteiger partial charge in [-0.05, 0) is 32.0 Å². The summed E-state index contributed by atoms with van der Waals surface area (Å²) in [4.78, 5) is 28.1. The van der Waals surface area contributed by atoms with Crippen LogP contribution in [0.15, 0.2) is 21.6 Å². The highest BCUT2D eigenvalue weighted by Crippen LogP contribution is 2.21. The number of piperazine rings is 1. The van der Waals surface area contributed by atoms with Crippen molar-refractivity contribution < 1.29 is 22.4 Å². The van der Waals surface area contributed by atoms with Crippen LogP contribution in [0.1, 0.15) is 23.4 Å². The molecule has 2 aliphatic heterocycles. The number of amides is 2. The Bertz CT molecular complexity index is 766. The summed E-state index contributed by atoms with van der Waals surface area (Å²) in [5.74, 6) is -0.322. The van der Waals surface area contributed by atoms with E-state index in [1.165, 1.54) is 19.2 Å². The third-order valence-electron chi connectivity index (χ3n) is 4.58. The molecule has 1 unspecified atom stereocenters. The number of piperidine rings is 1. The van der Waals surface area contributed by atoms with E-state index in [-0.39, 0.29) is 41.1 Å². The maximum absolute atomic E-state index is 12.6. The smallest absolute Gasteiger partial charge is 0.289 e. The van der Waals surface area contributed by atoms with Crippen molar-refractivity contribution in [1.82, 2.24) is 19.8 Å². The molecular formula is C15H23ClN4O5S. The Hall–Kier alpha value is -1.62. The molecule has 26 heavy (non-hydrogen) atoms. The summed E-state index contributed by atoms with van der Waals surface area (Å²) in [5, 5.41) is 2.75. The quantitative estimate of drug-likeness (QED) is 0.706. The highest BCUT2D eigenvalue weighted by molar-refractivity contribution is 7.89. The molecule has 2 N–H and O–H groups in total. The molecule has 146 valence electrons. The number of nitrogens with zero attached hydrogens (tertiary/aromatic N) is 2. The third-order valence-corrected chi connectivity index (χ3v) is 5.86. The molecule has 0 saturated carbocycles. The molecule has 1 aromatic heterocycles. The van der Waals surface area contributed by atoms with Gasteiger partial charge in [0.05, 0.1) is 6.54 Å². The predicted octanol–water partition coefficient (Wildman–Crippen LogP) is -0.354. The molecule has 2 saturated heterocycles. The van der Waals surface area contributed by atoms with E-state index in [0.29, 0.717) is 26.2 Å². The van der Waals surface area contributed by atoms with Crippen LogP contribution < -0.4 is 10.0 Å². The Labute approximate surface area is 158 Å². The van der Waals surface area contributed by atoms with Crippen molar-refractivity contribution in [3.8, 4) is 0 Å². The summed E-state index contributed by atoms with van der Waals surface area (Å²) < 4.78 is 30.8. The lowest BCUT2D eigenvalue weighted by Gasteiger charge is -2.40. The molecule has 0 aliphatic carbocycles. The van der Waals surface area contributed by atoms with Crippen molar-refractivity contribution in [2.75, 3.05) is 39.8 Å². The van der Waals surface area contributed by atoms with Crippen LogP contribution in [0.2, 0.25) is 0 Å². The van der Waals surface area contributed by atoms with Crippen LogP contribution in [0.3, 0.4) is 0 Å². The third kappa shape index (κ3) is 4.20. The van der Waals surface area contributed by atoms with Gasteiger partial charge in [0, 0.05) is 32.2 Å². The second-order valence-electron chi connectivity index (χ2n) is 6.14. The predicted molar refractivity (Wildman–Crippen MR) is 95.7 cm³/mol. The summed E-state index contributed by atoms with van der Waals surface area (Å²) in [6.07, 6.45) is 1.64. The van der Waals surface area contributed by atoms with Gasteiger partial charge in [0.2, 0.25) is 11.0 Å². The molecule has 9 nitrogen and oxygen atoms in total. The molecule has 2 fully saturated rings. The highest BCUT2D eigenvalue weighted by Gasteiger charge is 2.33. The lowest BCUT2D eigenvalue weighted by molar-refractivity contribution is -0.135. The Kier molecular flexibility index (Phi) is 6.67. The molecule has 0 spiro atoms. The minimum Gasteiger partial charge on any atom is -0.438 e. The molecule has 2 amide bonds. The number of carbonyl (C=O) groups is 2. The maximum Gasteiger partial charge on any atom is 0.289 e. The monoisotopic (exact) mass is 406 g/mol. The standard InChI is InChI=1S/C15H22N4O5S.ClH/c1-16-25(22,23)14-5-4-12(24-14)15(21)18-7-2-3-11(10-18)19-8-6-17-9-13(19)20;/h4-5,11,16-17H,2-3,6-10H2,1H3;1H. The molecular weight excluding hydrogens is 384 g/mol. The van der Waals surface area contributed by atoms with Crippen LogP contribution in [-0.4, -0.2) is 75.8 Å². The fourth-order valence-electron chi connectivity index (χ4n) is 3.24. The SMILES string of the molecule is CNS(=O)(=O)c1ccc(C(=O)N2CCCC(N3CCNCC3=O)C2)o1.Cl. The first-order valence-corrected chi connectivity index (χ1v) is 9.73. The molecule has 0 radical (unpaired) electrons. The van der Waals surface area contributed by atoms with Gasteiger partial charge in [0.25, 0.3) is 15.9 Å². The fraction of sp³-hybridized carbons (Fsp3) is 0.600. The lowest BCUT2D eigenvalue weighted by atomic mass is 10.0. The number of sulfonamides is 1. The Morgan fingerprint density at radius 3 is 2.81 bits per heavy atom. The molecule has 1 atom stereocenters. The largest absolute Gasteiger partial charge is 0.438 e. The summed E-state index contributed by atoms with van der Waals surface area (Å²) in [5.41, 5.74) is 0. The number of carbonyl (C=O) groups excluding carboxylic acids is 2. The average Bonchev–Trinajstić information content (AvgIpc) is 3.12. The van der Waals surface area contributed by atoms with E-state index in [2.05, 4.69) is 10.0 Å².